The number of anilines is 1. The van der Waals surface area contributed by atoms with E-state index < -0.39 is 42.3 Å². The predicted molar refractivity (Wildman–Crippen MR) is 88.8 cm³/mol. The third-order valence-electron chi connectivity index (χ3n) is 4.21. The lowest BCUT2D eigenvalue weighted by atomic mass is 9.92. The number of alkyl halides is 6. The number of nitrogens with zero attached hydrogens (tertiary/aromatic N) is 7. The molecular formula is C16H11F6N7O2. The fraction of sp³-hybridized carbons (Fsp3) is 0.375. The number of nitriles is 1. The maximum absolute atomic E-state index is 12.7. The Morgan fingerprint density at radius 2 is 1.48 bits per heavy atom. The second kappa shape index (κ2) is 8.04. The molecule has 2 aromatic heterocycles. The molecule has 1 aliphatic rings. The molecule has 0 aromatic carbocycles. The lowest BCUT2D eigenvalue weighted by molar-refractivity contribution is -0.145. The van der Waals surface area contributed by atoms with Gasteiger partial charge in [-0.3, -0.25) is 0 Å². The summed E-state index contributed by atoms with van der Waals surface area (Å²) in [6, 6.07) is 1.73. The normalized spacial score (nSPS) is 20.4. The summed E-state index contributed by atoms with van der Waals surface area (Å²) in [5.74, 6) is -4.03. The summed E-state index contributed by atoms with van der Waals surface area (Å²) in [7, 11) is 1.17. The standard InChI is InChI=1S/C16H11F6N7O2/c1-31-11(7-3-24-13(25-4-7)15(17,18)19)10-9(2-23)28-29(12(10)30)8-5-26-14(27-6-8)16(20,21)22/h3-6,10-12,30H,1H3. The van der Waals surface area contributed by atoms with Crippen LogP contribution >= 0.6 is 0 Å². The molecule has 15 heteroatoms. The molecule has 2 aromatic rings. The van der Waals surface area contributed by atoms with E-state index in [1.807, 2.05) is 0 Å². The number of aliphatic hydroxyl groups excluding tert-OH is 1. The minimum absolute atomic E-state index is 0.00743. The van der Waals surface area contributed by atoms with Crippen LogP contribution in [0.2, 0.25) is 0 Å². The number of halogens is 6. The third-order valence-corrected chi connectivity index (χ3v) is 4.21. The molecule has 3 heterocycles. The molecule has 164 valence electrons. The molecule has 0 spiro atoms. The Labute approximate surface area is 169 Å². The van der Waals surface area contributed by atoms with Crippen LogP contribution in [0.3, 0.4) is 0 Å². The Kier molecular flexibility index (Phi) is 5.79. The lowest BCUT2D eigenvalue weighted by Gasteiger charge is -2.27. The highest BCUT2D eigenvalue weighted by molar-refractivity contribution is 6.03. The van der Waals surface area contributed by atoms with Gasteiger partial charge in [0.2, 0.25) is 11.6 Å². The quantitative estimate of drug-likeness (QED) is 0.710. The molecule has 3 rings (SSSR count). The SMILES string of the molecule is COC(c1cnc(C(F)(F)F)nc1)C1C(C#N)=NN(c2cnc(C(F)(F)F)nc2)C1O. The van der Waals surface area contributed by atoms with Gasteiger partial charge in [0.05, 0.1) is 30.1 Å². The van der Waals surface area contributed by atoms with E-state index in [0.717, 1.165) is 29.8 Å². The van der Waals surface area contributed by atoms with Crippen molar-refractivity contribution in [2.75, 3.05) is 12.1 Å². The maximum Gasteiger partial charge on any atom is 0.451 e. The van der Waals surface area contributed by atoms with Gasteiger partial charge in [0, 0.05) is 25.1 Å². The number of rotatable bonds is 4. The number of ether oxygens (including phenoxy) is 1. The van der Waals surface area contributed by atoms with Crippen molar-refractivity contribution in [3.8, 4) is 6.07 Å². The van der Waals surface area contributed by atoms with Crippen molar-refractivity contribution < 1.29 is 36.2 Å². The molecule has 31 heavy (non-hydrogen) atoms. The second-order valence-corrected chi connectivity index (χ2v) is 6.14. The van der Waals surface area contributed by atoms with E-state index in [4.69, 9.17) is 4.74 Å². The van der Waals surface area contributed by atoms with E-state index >= 15 is 0 Å². The van der Waals surface area contributed by atoms with Gasteiger partial charge in [-0.15, -0.1) is 0 Å². The highest BCUT2D eigenvalue weighted by Crippen LogP contribution is 2.37. The van der Waals surface area contributed by atoms with Gasteiger partial charge in [-0.2, -0.15) is 36.7 Å². The topological polar surface area (TPSA) is 120 Å². The molecule has 0 aliphatic carbocycles. The molecule has 1 N–H and O–H groups in total. The Morgan fingerprint density at radius 1 is 1.00 bits per heavy atom. The van der Waals surface area contributed by atoms with Crippen molar-refractivity contribution in [3.63, 3.8) is 0 Å². The van der Waals surface area contributed by atoms with Gasteiger partial charge in [-0.05, 0) is 0 Å². The monoisotopic (exact) mass is 447 g/mol. The Hall–Kier alpha value is -3.38. The third kappa shape index (κ3) is 4.39. The van der Waals surface area contributed by atoms with Crippen LogP contribution in [0, 0.1) is 17.2 Å². The zero-order valence-electron chi connectivity index (χ0n) is 15.3. The van der Waals surface area contributed by atoms with Crippen molar-refractivity contribution in [1.29, 1.82) is 5.26 Å². The Balaban J connectivity index is 1.91. The first-order valence-corrected chi connectivity index (χ1v) is 8.24. The summed E-state index contributed by atoms with van der Waals surface area (Å²) in [6.07, 6.45) is -9.22. The van der Waals surface area contributed by atoms with Crippen molar-refractivity contribution in [2.24, 2.45) is 11.0 Å². The molecule has 1 aliphatic heterocycles. The van der Waals surface area contributed by atoms with Gasteiger partial charge in [0.15, 0.2) is 6.23 Å². The highest BCUT2D eigenvalue weighted by atomic mass is 19.4. The lowest BCUT2D eigenvalue weighted by Crippen LogP contribution is -2.37. The van der Waals surface area contributed by atoms with E-state index in [1.54, 1.807) is 6.07 Å². The summed E-state index contributed by atoms with van der Waals surface area (Å²) >= 11 is 0. The molecule has 0 radical (unpaired) electrons. The molecule has 0 saturated heterocycles. The van der Waals surface area contributed by atoms with E-state index in [0.29, 0.717) is 0 Å². The number of aliphatic hydroxyl groups is 1. The van der Waals surface area contributed by atoms with Crippen LogP contribution in [-0.4, -0.2) is 44.1 Å². The van der Waals surface area contributed by atoms with Crippen LogP contribution in [0.1, 0.15) is 23.3 Å². The Morgan fingerprint density at radius 3 is 1.90 bits per heavy atom. The number of methoxy groups -OCH3 is 1. The van der Waals surface area contributed by atoms with Crippen molar-refractivity contribution in [3.05, 3.63) is 42.0 Å². The van der Waals surface area contributed by atoms with Crippen molar-refractivity contribution in [1.82, 2.24) is 19.9 Å². The molecule has 0 bridgehead atoms. The summed E-state index contributed by atoms with van der Waals surface area (Å²) in [5.41, 5.74) is -0.443. The van der Waals surface area contributed by atoms with Crippen LogP contribution in [0.15, 0.2) is 29.9 Å². The van der Waals surface area contributed by atoms with Crippen LogP contribution < -0.4 is 5.01 Å². The van der Waals surface area contributed by atoms with Crippen molar-refractivity contribution in [2.45, 2.75) is 24.7 Å². The second-order valence-electron chi connectivity index (χ2n) is 6.14. The van der Waals surface area contributed by atoms with Gasteiger partial charge in [0.1, 0.15) is 11.8 Å². The largest absolute Gasteiger partial charge is 0.451 e. The number of hydrogen-bond acceptors (Lipinski definition) is 9. The molecule has 9 nitrogen and oxygen atoms in total. The fourth-order valence-electron chi connectivity index (χ4n) is 2.85. The first-order valence-electron chi connectivity index (χ1n) is 8.24. The van der Waals surface area contributed by atoms with Gasteiger partial charge in [-0.1, -0.05) is 0 Å². The highest BCUT2D eigenvalue weighted by Gasteiger charge is 2.44. The first kappa shape index (κ1) is 22.3. The zero-order valence-corrected chi connectivity index (χ0v) is 15.3. The van der Waals surface area contributed by atoms with Crippen LogP contribution in [0.5, 0.6) is 0 Å². The van der Waals surface area contributed by atoms with Gasteiger partial charge < -0.3 is 9.84 Å². The van der Waals surface area contributed by atoms with Crippen molar-refractivity contribution >= 4 is 11.4 Å². The van der Waals surface area contributed by atoms with Crippen LogP contribution in [0.4, 0.5) is 32.0 Å². The van der Waals surface area contributed by atoms with Gasteiger partial charge in [0.25, 0.3) is 0 Å². The van der Waals surface area contributed by atoms with Gasteiger partial charge in [-0.25, -0.2) is 24.9 Å². The minimum Gasteiger partial charge on any atom is -0.376 e. The summed E-state index contributed by atoms with van der Waals surface area (Å²) < 4.78 is 81.2. The summed E-state index contributed by atoms with van der Waals surface area (Å²) in [5, 5.41) is 24.7. The zero-order chi connectivity index (χ0) is 23.0. The van der Waals surface area contributed by atoms with E-state index in [9.17, 15) is 36.7 Å². The summed E-state index contributed by atoms with van der Waals surface area (Å²) in [6.45, 7) is 0. The van der Waals surface area contributed by atoms with E-state index in [1.165, 1.54) is 7.11 Å². The Bertz CT molecular complexity index is 1000. The molecule has 0 saturated carbocycles. The number of aromatic nitrogens is 4. The molecule has 0 fully saturated rings. The van der Waals surface area contributed by atoms with E-state index in [2.05, 4.69) is 25.0 Å². The first-order chi connectivity index (χ1) is 14.5. The number of hydrazone groups is 1. The molecule has 3 atom stereocenters. The van der Waals surface area contributed by atoms with Crippen LogP contribution in [-0.2, 0) is 17.1 Å². The molecule has 0 amide bonds. The average molecular weight is 447 g/mol. The average Bonchev–Trinajstić information content (AvgIpc) is 3.04. The minimum atomic E-state index is -4.78. The predicted octanol–water partition coefficient (Wildman–Crippen LogP) is 2.33. The molecular weight excluding hydrogens is 436 g/mol. The molecule has 3 unspecified atom stereocenters. The maximum atomic E-state index is 12.7. The fourth-order valence-corrected chi connectivity index (χ4v) is 2.85. The smallest absolute Gasteiger partial charge is 0.376 e. The summed E-state index contributed by atoms with van der Waals surface area (Å²) in [4.78, 5) is 12.8. The van der Waals surface area contributed by atoms with Gasteiger partial charge >= 0.3 is 12.4 Å². The van der Waals surface area contributed by atoms with Crippen LogP contribution in [0.25, 0.3) is 0 Å². The number of hydrogen-bond donors (Lipinski definition) is 1. The van der Waals surface area contributed by atoms with E-state index in [-0.39, 0.29) is 17.0 Å².